The number of carbonyl (C=O) groups is 3. The Morgan fingerprint density at radius 3 is 2.36 bits per heavy atom. The van der Waals surface area contributed by atoms with Crippen LogP contribution >= 0.6 is 0 Å². The van der Waals surface area contributed by atoms with Gasteiger partial charge in [0.05, 0.1) is 5.56 Å². The second kappa shape index (κ2) is 9.33. The number of benzene rings is 1. The zero-order chi connectivity index (χ0) is 26.4. The highest BCUT2D eigenvalue weighted by Gasteiger charge is 2.47. The molecule has 0 bridgehead atoms. The van der Waals surface area contributed by atoms with Gasteiger partial charge in [-0.3, -0.25) is 14.4 Å². The lowest BCUT2D eigenvalue weighted by molar-refractivity contribution is -0.121. The van der Waals surface area contributed by atoms with E-state index in [2.05, 4.69) is 10.3 Å². The molecule has 36 heavy (non-hydrogen) atoms. The van der Waals surface area contributed by atoms with E-state index in [-0.39, 0.29) is 34.3 Å². The Kier molecular flexibility index (Phi) is 6.55. The number of anilines is 1. The van der Waals surface area contributed by atoms with Gasteiger partial charge in [-0.2, -0.15) is 0 Å². The molecule has 1 aromatic carbocycles. The highest BCUT2D eigenvalue weighted by Crippen LogP contribution is 2.50. The Bertz CT molecular complexity index is 1290. The van der Waals surface area contributed by atoms with E-state index in [1.807, 2.05) is 0 Å². The third kappa shape index (κ3) is 4.43. The van der Waals surface area contributed by atoms with Crippen molar-refractivity contribution in [1.82, 2.24) is 10.3 Å². The molecule has 2 aromatic rings. The lowest BCUT2D eigenvalue weighted by Crippen LogP contribution is -2.47. The van der Waals surface area contributed by atoms with Gasteiger partial charge in [-0.05, 0) is 64.2 Å². The number of carboxylic acid groups (broad SMARTS) is 1. The molecular weight excluding hydrogens is 466 g/mol. The first-order chi connectivity index (χ1) is 16.9. The minimum Gasteiger partial charge on any atom is -0.465 e. The number of hydrogen-bond donors (Lipinski definition) is 3. The number of hydrogen-bond acceptors (Lipinski definition) is 6. The van der Waals surface area contributed by atoms with Crippen LogP contribution in [0.3, 0.4) is 0 Å². The number of pyridine rings is 1. The van der Waals surface area contributed by atoms with E-state index < -0.39 is 17.8 Å². The maximum atomic E-state index is 13.5. The van der Waals surface area contributed by atoms with Crippen LogP contribution in [0.4, 0.5) is 10.5 Å². The number of fused-ring (bicyclic) bond motifs is 1. The summed E-state index contributed by atoms with van der Waals surface area (Å²) >= 11 is 0. The van der Waals surface area contributed by atoms with E-state index in [0.717, 1.165) is 0 Å². The third-order valence-electron chi connectivity index (χ3n) is 7.25. The average molecular weight is 498 g/mol. The highest BCUT2D eigenvalue weighted by atomic mass is 16.7. The smallest absolute Gasteiger partial charge is 0.404 e. The van der Waals surface area contributed by atoms with Crippen LogP contribution in [0.2, 0.25) is 0 Å². The summed E-state index contributed by atoms with van der Waals surface area (Å²) in [4.78, 5) is 53.1. The van der Waals surface area contributed by atoms with Crippen molar-refractivity contribution in [2.75, 3.05) is 11.9 Å². The van der Waals surface area contributed by atoms with Crippen molar-refractivity contribution in [3.05, 3.63) is 50.4 Å². The summed E-state index contributed by atoms with van der Waals surface area (Å²) in [5.74, 6) is -0.921. The highest BCUT2D eigenvalue weighted by molar-refractivity contribution is 6.08. The third-order valence-corrected chi connectivity index (χ3v) is 7.25. The van der Waals surface area contributed by atoms with Crippen LogP contribution in [0, 0.1) is 26.7 Å². The van der Waals surface area contributed by atoms with E-state index in [4.69, 9.17) is 14.6 Å². The van der Waals surface area contributed by atoms with Crippen LogP contribution in [-0.4, -0.2) is 47.3 Å². The molecule has 10 heteroatoms. The summed E-state index contributed by atoms with van der Waals surface area (Å²) < 4.78 is 12.5. The first-order valence-electron chi connectivity index (χ1n) is 11.9. The lowest BCUT2D eigenvalue weighted by atomic mass is 9.81. The van der Waals surface area contributed by atoms with Crippen LogP contribution in [-0.2, 0) is 0 Å². The number of nitrogens with one attached hydrogen (secondary N) is 2. The van der Waals surface area contributed by atoms with Gasteiger partial charge in [-0.25, -0.2) is 4.79 Å². The number of H-pyrrole nitrogens is 1. The molecule has 2 aliphatic rings. The predicted molar refractivity (Wildman–Crippen MR) is 132 cm³/mol. The van der Waals surface area contributed by atoms with Gasteiger partial charge in [0, 0.05) is 42.8 Å². The fourth-order valence-corrected chi connectivity index (χ4v) is 5.37. The maximum Gasteiger partial charge on any atom is 0.404 e. The Labute approximate surface area is 208 Å². The fourth-order valence-electron chi connectivity index (χ4n) is 5.37. The number of nitrogens with zero attached hydrogens (tertiary/aromatic N) is 1. The van der Waals surface area contributed by atoms with E-state index in [0.29, 0.717) is 60.3 Å². The number of aryl methyl sites for hydroxylation is 2. The molecule has 192 valence electrons. The Morgan fingerprint density at radius 1 is 1.14 bits per heavy atom. The monoisotopic (exact) mass is 497 g/mol. The molecule has 10 nitrogen and oxygen atoms in total. The number of amides is 2. The largest absolute Gasteiger partial charge is 0.465 e. The maximum absolute atomic E-state index is 13.5. The minimum atomic E-state index is -1.06. The van der Waals surface area contributed by atoms with E-state index >= 15 is 0 Å². The molecule has 1 aliphatic carbocycles. The van der Waals surface area contributed by atoms with E-state index in [1.54, 1.807) is 33.8 Å². The topological polar surface area (TPSA) is 138 Å². The molecule has 1 fully saturated rings. The van der Waals surface area contributed by atoms with Crippen LogP contribution in [0.5, 0.6) is 11.5 Å². The molecule has 0 radical (unpaired) electrons. The summed E-state index contributed by atoms with van der Waals surface area (Å²) in [7, 11) is 1.52. The normalized spacial score (nSPS) is 22.7. The zero-order valence-corrected chi connectivity index (χ0v) is 21.1. The number of aldehydes is 1. The van der Waals surface area contributed by atoms with Crippen LogP contribution in [0.15, 0.2) is 16.9 Å². The summed E-state index contributed by atoms with van der Waals surface area (Å²) in [5.41, 5.74) is 2.13. The van der Waals surface area contributed by atoms with Gasteiger partial charge < -0.3 is 29.8 Å². The summed E-state index contributed by atoms with van der Waals surface area (Å²) in [6.07, 6.45) is 2.23. The van der Waals surface area contributed by atoms with Gasteiger partial charge in [-0.1, -0.05) is 0 Å². The fraction of sp³-hybridized carbons (Fsp3) is 0.462. The lowest BCUT2D eigenvalue weighted by Gasteiger charge is -2.37. The Balaban J connectivity index is 1.63. The zero-order valence-electron chi connectivity index (χ0n) is 21.1. The minimum absolute atomic E-state index is 0.0359. The average Bonchev–Trinajstić information content (AvgIpc) is 3.17. The SMILES string of the molecule is Cc1cc(C)c(N(C)C(=O)c2cc(C=O)c3c(c2C)OC(C)([C@H]2CC[C@H](NC(=O)O)CC2)O3)c(=O)[nH]1. The molecule has 3 N–H and O–H groups in total. The van der Waals surface area contributed by atoms with Crippen molar-refractivity contribution < 1.29 is 29.0 Å². The number of rotatable bonds is 5. The molecule has 2 heterocycles. The summed E-state index contributed by atoms with van der Waals surface area (Å²) in [6.45, 7) is 7.06. The number of aromatic nitrogens is 1. The first kappa shape index (κ1) is 25.3. The Morgan fingerprint density at radius 2 is 1.78 bits per heavy atom. The molecule has 1 unspecified atom stereocenters. The second-order valence-corrected chi connectivity index (χ2v) is 9.81. The van der Waals surface area contributed by atoms with Gasteiger partial charge in [0.15, 0.2) is 17.8 Å². The predicted octanol–water partition coefficient (Wildman–Crippen LogP) is 3.70. The molecule has 1 saturated carbocycles. The molecule has 2 amide bonds. The van der Waals surface area contributed by atoms with Crippen molar-refractivity contribution in [3.8, 4) is 11.5 Å². The number of aromatic amines is 1. The first-order valence-corrected chi connectivity index (χ1v) is 11.9. The van der Waals surface area contributed by atoms with Gasteiger partial charge in [-0.15, -0.1) is 0 Å². The Hall–Kier alpha value is -3.82. The van der Waals surface area contributed by atoms with Gasteiger partial charge in [0.2, 0.25) is 0 Å². The van der Waals surface area contributed by atoms with Crippen LogP contribution in [0.25, 0.3) is 0 Å². The molecule has 1 aliphatic heterocycles. The van der Waals surface area contributed by atoms with Crippen molar-refractivity contribution in [2.24, 2.45) is 5.92 Å². The van der Waals surface area contributed by atoms with Crippen molar-refractivity contribution >= 4 is 24.0 Å². The van der Waals surface area contributed by atoms with Gasteiger partial charge >= 0.3 is 6.09 Å². The summed E-state index contributed by atoms with van der Waals surface area (Å²) in [6, 6.07) is 3.14. The molecule has 4 rings (SSSR count). The molecule has 1 atom stereocenters. The standard InChI is InChI=1S/C26H31N3O7/c1-13-10-14(2)27-23(31)20(13)29(5)24(32)19-11-16(12-30)22-21(15(19)3)35-26(4,36-22)17-6-8-18(9-7-17)28-25(33)34/h10-12,17-18,28H,6-9H2,1-5H3,(H,27,31)(H,33,34)/t17-,18-,26?. The van der Waals surface area contributed by atoms with Crippen molar-refractivity contribution in [2.45, 2.75) is 65.2 Å². The van der Waals surface area contributed by atoms with Crippen molar-refractivity contribution in [3.63, 3.8) is 0 Å². The molecule has 0 saturated heterocycles. The summed E-state index contributed by atoms with van der Waals surface area (Å²) in [5, 5.41) is 11.5. The van der Waals surface area contributed by atoms with Gasteiger partial charge in [0.25, 0.3) is 17.3 Å². The van der Waals surface area contributed by atoms with Gasteiger partial charge in [0.1, 0.15) is 5.69 Å². The van der Waals surface area contributed by atoms with Crippen LogP contribution < -0.4 is 25.2 Å². The van der Waals surface area contributed by atoms with Crippen LogP contribution in [0.1, 0.15) is 70.1 Å². The number of carbonyl (C=O) groups excluding carboxylic acids is 2. The molecule has 1 aromatic heterocycles. The second-order valence-electron chi connectivity index (χ2n) is 9.81. The van der Waals surface area contributed by atoms with Crippen molar-refractivity contribution in [1.29, 1.82) is 0 Å². The quantitative estimate of drug-likeness (QED) is 0.536. The molecular formula is C26H31N3O7. The van der Waals surface area contributed by atoms with E-state index in [9.17, 15) is 19.2 Å². The molecule has 0 spiro atoms. The number of ether oxygens (including phenoxy) is 2. The van der Waals surface area contributed by atoms with E-state index in [1.165, 1.54) is 18.0 Å².